The Bertz CT molecular complexity index is 983. The molecule has 0 unspecified atom stereocenters. The molecule has 7 heteroatoms. The zero-order valence-corrected chi connectivity index (χ0v) is 21.6. The van der Waals surface area contributed by atoms with E-state index in [1.807, 2.05) is 14.1 Å². The van der Waals surface area contributed by atoms with Gasteiger partial charge in [-0.25, -0.2) is 0 Å². The van der Waals surface area contributed by atoms with Crippen molar-refractivity contribution < 1.29 is 14.0 Å². The van der Waals surface area contributed by atoms with Gasteiger partial charge in [0, 0.05) is 26.3 Å². The summed E-state index contributed by atoms with van der Waals surface area (Å²) in [4.78, 5) is 0. The van der Waals surface area contributed by atoms with Crippen molar-refractivity contribution in [2.75, 3.05) is 40.4 Å². The number of hydrogen-bond donors (Lipinski definition) is 2. The molecule has 35 heavy (non-hydrogen) atoms. The monoisotopic (exact) mass is 472 g/mol. The molecule has 0 radical (unpaired) electrons. The maximum absolute atomic E-state index is 6.22. The highest BCUT2D eigenvalue weighted by atomic mass is 16.5. The van der Waals surface area contributed by atoms with E-state index in [4.69, 9.17) is 14.0 Å². The minimum Gasteiger partial charge on any atom is -0.430 e. The average molecular weight is 472 g/mol. The number of hydrogen-bond acceptors (Lipinski definition) is 5. The smallest absolute Gasteiger partial charge is 0.361 e. The molecular weight excluding hydrogens is 434 g/mol. The van der Waals surface area contributed by atoms with Crippen LogP contribution in [0.1, 0.15) is 16.7 Å². The normalized spacial score (nSPS) is 11.0. The maximum Gasteiger partial charge on any atom is 0.361 e. The van der Waals surface area contributed by atoms with E-state index in [0.29, 0.717) is 26.4 Å². The summed E-state index contributed by atoms with van der Waals surface area (Å²) in [6, 6.07) is 25.6. The molecule has 2 N–H and O–H groups in total. The van der Waals surface area contributed by atoms with Gasteiger partial charge in [0.25, 0.3) is 0 Å². The van der Waals surface area contributed by atoms with Gasteiger partial charge in [-0.2, -0.15) is 0 Å². The van der Waals surface area contributed by atoms with E-state index < -0.39 is 0 Å². The lowest BCUT2D eigenvalue weighted by molar-refractivity contribution is 0.107. The van der Waals surface area contributed by atoms with Gasteiger partial charge in [0.2, 0.25) is 0 Å². The molecule has 0 fully saturated rings. The van der Waals surface area contributed by atoms with E-state index in [1.165, 1.54) is 16.5 Å². The molecule has 0 amide bonds. The highest BCUT2D eigenvalue weighted by Crippen LogP contribution is 2.06. The van der Waals surface area contributed by atoms with Crippen molar-refractivity contribution in [3.63, 3.8) is 0 Å². The molecule has 0 heterocycles. The quantitative estimate of drug-likeness (QED) is 0.262. The number of nitrogens with one attached hydrogen (secondary N) is 2. The Balaban J connectivity index is 1.53. The first-order valence-corrected chi connectivity index (χ1v) is 12.4. The van der Waals surface area contributed by atoms with Gasteiger partial charge in [-0.3, -0.25) is 0 Å². The Kier molecular flexibility index (Phi) is 11.5. The molecule has 0 aromatic heterocycles. The van der Waals surface area contributed by atoms with E-state index in [1.54, 1.807) is 0 Å². The van der Waals surface area contributed by atoms with Gasteiger partial charge in [-0.05, 0) is 48.5 Å². The molecule has 3 rings (SSSR count). The number of rotatable bonds is 15. The summed E-state index contributed by atoms with van der Waals surface area (Å²) in [5, 5.41) is 6.25. The number of ether oxygens (including phenoxy) is 1. The van der Waals surface area contributed by atoms with Gasteiger partial charge in [-0.1, -0.05) is 85.2 Å². The fourth-order valence-electron chi connectivity index (χ4n) is 3.80. The second-order valence-electron chi connectivity index (χ2n) is 8.86. The molecule has 0 saturated carbocycles. The summed E-state index contributed by atoms with van der Waals surface area (Å²) in [6.07, 6.45) is 0. The van der Waals surface area contributed by atoms with Crippen LogP contribution in [0, 0.1) is 6.92 Å². The van der Waals surface area contributed by atoms with Crippen LogP contribution in [-0.2, 0) is 27.3 Å². The van der Waals surface area contributed by atoms with Crippen LogP contribution in [0.4, 0.5) is 0 Å². The summed E-state index contributed by atoms with van der Waals surface area (Å²) < 4.78 is 18.0. The second-order valence-corrected chi connectivity index (χ2v) is 8.86. The zero-order chi connectivity index (χ0) is 24.9. The molecule has 0 saturated heterocycles. The fraction of sp³-hybridized carbons (Fsp3) is 0.357. The van der Waals surface area contributed by atoms with Crippen molar-refractivity contribution in [3.8, 4) is 0 Å². The van der Waals surface area contributed by atoms with E-state index in [0.717, 1.165) is 29.7 Å². The molecule has 0 bridgehead atoms. The lowest BCUT2D eigenvalue weighted by Gasteiger charge is -2.16. The maximum atomic E-state index is 6.22. The topological polar surface area (TPSA) is 51.8 Å². The van der Waals surface area contributed by atoms with Crippen LogP contribution < -0.4 is 27.0 Å². The van der Waals surface area contributed by atoms with Gasteiger partial charge in [0.15, 0.2) is 0 Å². The van der Waals surface area contributed by atoms with Crippen molar-refractivity contribution in [1.29, 1.82) is 0 Å². The van der Waals surface area contributed by atoms with E-state index in [2.05, 4.69) is 97.2 Å². The minimum atomic E-state index is -0.0814. The van der Waals surface area contributed by atoms with Crippen LogP contribution in [0.15, 0.2) is 72.8 Å². The first kappa shape index (κ1) is 27.2. The standard InChI is InChI=1S/C28H38B2N2O3/c1-23-5-11-27(12-6-23)30(35-20-18-32-4)28-15-9-25(10-16-28)22-33-21-24-7-13-26(14-8-24)29(2)34-19-17-31-3/h5-16,31-32H,17-22H2,1-4H3. The molecule has 0 aliphatic carbocycles. The van der Waals surface area contributed by atoms with Crippen LogP contribution in [-0.4, -0.2) is 54.2 Å². The largest absolute Gasteiger partial charge is 0.430 e. The van der Waals surface area contributed by atoms with E-state index in [9.17, 15) is 0 Å². The van der Waals surface area contributed by atoms with Crippen molar-refractivity contribution in [1.82, 2.24) is 10.6 Å². The van der Waals surface area contributed by atoms with Crippen LogP contribution in [0.5, 0.6) is 0 Å². The molecule has 3 aromatic rings. The highest BCUT2D eigenvalue weighted by molar-refractivity contribution is 6.80. The first-order valence-electron chi connectivity index (χ1n) is 12.4. The lowest BCUT2D eigenvalue weighted by atomic mass is 9.55. The van der Waals surface area contributed by atoms with Crippen molar-refractivity contribution >= 4 is 30.2 Å². The molecule has 0 atom stereocenters. The van der Waals surface area contributed by atoms with Gasteiger partial charge >= 0.3 is 13.8 Å². The van der Waals surface area contributed by atoms with Crippen LogP contribution in [0.2, 0.25) is 6.82 Å². The van der Waals surface area contributed by atoms with Crippen LogP contribution in [0.3, 0.4) is 0 Å². The first-order chi connectivity index (χ1) is 17.1. The Morgan fingerprint density at radius 2 is 1.09 bits per heavy atom. The number of aryl methyl sites for hydroxylation is 1. The summed E-state index contributed by atoms with van der Waals surface area (Å²) in [6.45, 7) is 8.37. The summed E-state index contributed by atoms with van der Waals surface area (Å²) in [7, 11) is 3.87. The Labute approximate surface area is 211 Å². The highest BCUT2D eigenvalue weighted by Gasteiger charge is 2.21. The van der Waals surface area contributed by atoms with Crippen molar-refractivity contribution in [3.05, 3.63) is 89.5 Å². The Hall–Kier alpha value is -2.41. The molecule has 0 aliphatic rings. The Morgan fingerprint density at radius 3 is 1.60 bits per heavy atom. The molecule has 5 nitrogen and oxygen atoms in total. The Morgan fingerprint density at radius 1 is 0.629 bits per heavy atom. The van der Waals surface area contributed by atoms with Gasteiger partial charge < -0.3 is 24.7 Å². The minimum absolute atomic E-state index is 0.0814. The van der Waals surface area contributed by atoms with Crippen molar-refractivity contribution in [2.45, 2.75) is 27.0 Å². The number of likely N-dealkylation sites (N-methyl/N-ethyl adjacent to an activating group) is 2. The summed E-state index contributed by atoms with van der Waals surface area (Å²) >= 11 is 0. The number of benzene rings is 3. The molecule has 3 aromatic carbocycles. The van der Waals surface area contributed by atoms with Crippen LogP contribution >= 0.6 is 0 Å². The molecule has 0 spiro atoms. The third-order valence-corrected chi connectivity index (χ3v) is 6.01. The fourth-order valence-corrected chi connectivity index (χ4v) is 3.80. The average Bonchev–Trinajstić information content (AvgIpc) is 2.88. The van der Waals surface area contributed by atoms with Gasteiger partial charge in [-0.15, -0.1) is 0 Å². The van der Waals surface area contributed by atoms with Gasteiger partial charge in [0.05, 0.1) is 13.2 Å². The van der Waals surface area contributed by atoms with E-state index >= 15 is 0 Å². The molecular formula is C28H38B2N2O3. The van der Waals surface area contributed by atoms with E-state index in [-0.39, 0.29) is 13.8 Å². The third-order valence-electron chi connectivity index (χ3n) is 6.01. The lowest BCUT2D eigenvalue weighted by Crippen LogP contribution is -2.46. The zero-order valence-electron chi connectivity index (χ0n) is 21.6. The van der Waals surface area contributed by atoms with Crippen molar-refractivity contribution in [2.24, 2.45) is 0 Å². The van der Waals surface area contributed by atoms with Crippen LogP contribution in [0.25, 0.3) is 0 Å². The predicted molar refractivity (Wildman–Crippen MR) is 149 cm³/mol. The SMILES string of the molecule is CNCCOB(C)c1ccc(COCc2ccc(B(OCCNC)c3ccc(C)cc3)cc2)cc1. The molecule has 0 aliphatic heterocycles. The summed E-state index contributed by atoms with van der Waals surface area (Å²) in [5.74, 6) is 0. The predicted octanol–water partition coefficient (Wildman–Crippen LogP) is 2.12. The molecule has 184 valence electrons. The summed E-state index contributed by atoms with van der Waals surface area (Å²) in [5.41, 5.74) is 7.05. The second kappa shape index (κ2) is 14.9. The van der Waals surface area contributed by atoms with Gasteiger partial charge in [0.1, 0.15) is 0 Å². The third kappa shape index (κ3) is 8.95.